The number of carbonyl (C=O) groups is 1. The SMILES string of the molecule is O=CNc1cccc(-c2noc(CCl)n2)c1. The number of anilines is 1. The van der Waals surface area contributed by atoms with Gasteiger partial charge in [0.1, 0.15) is 5.88 Å². The van der Waals surface area contributed by atoms with Gasteiger partial charge in [-0.25, -0.2) is 0 Å². The number of hydrogen-bond donors (Lipinski definition) is 1. The van der Waals surface area contributed by atoms with Crippen molar-refractivity contribution in [3.8, 4) is 11.4 Å². The van der Waals surface area contributed by atoms with Crippen LogP contribution in [0.25, 0.3) is 11.4 Å². The predicted molar refractivity (Wildman–Crippen MR) is 59.0 cm³/mol. The van der Waals surface area contributed by atoms with E-state index in [1.165, 1.54) is 0 Å². The smallest absolute Gasteiger partial charge is 0.241 e. The molecular weight excluding hydrogens is 230 g/mol. The number of nitrogens with one attached hydrogen (secondary N) is 1. The molecule has 2 aromatic rings. The normalized spacial score (nSPS) is 10.1. The Hall–Kier alpha value is -1.88. The van der Waals surface area contributed by atoms with Crippen molar-refractivity contribution in [1.82, 2.24) is 10.1 Å². The summed E-state index contributed by atoms with van der Waals surface area (Å²) >= 11 is 5.55. The molecule has 0 saturated carbocycles. The van der Waals surface area contributed by atoms with Crippen molar-refractivity contribution >= 4 is 23.7 Å². The summed E-state index contributed by atoms with van der Waals surface area (Å²) in [5, 5.41) is 6.32. The molecule has 0 fully saturated rings. The van der Waals surface area contributed by atoms with Crippen molar-refractivity contribution in [2.45, 2.75) is 5.88 Å². The summed E-state index contributed by atoms with van der Waals surface area (Å²) < 4.78 is 4.89. The maximum Gasteiger partial charge on any atom is 0.241 e. The molecule has 0 aliphatic carbocycles. The Morgan fingerprint density at radius 3 is 3.06 bits per heavy atom. The standard InChI is InChI=1S/C10H8ClN3O2/c11-5-9-13-10(14-16-9)7-2-1-3-8(4-7)12-6-15/h1-4,6H,5H2,(H,12,15). The summed E-state index contributed by atoms with van der Waals surface area (Å²) in [5.41, 5.74) is 1.43. The third-order valence-corrected chi connectivity index (χ3v) is 2.16. The fraction of sp³-hybridized carbons (Fsp3) is 0.100. The minimum atomic E-state index is 0.180. The molecule has 5 nitrogen and oxygen atoms in total. The van der Waals surface area contributed by atoms with Gasteiger partial charge in [0.15, 0.2) is 0 Å². The lowest BCUT2D eigenvalue weighted by atomic mass is 10.2. The van der Waals surface area contributed by atoms with Gasteiger partial charge in [-0.05, 0) is 12.1 Å². The monoisotopic (exact) mass is 237 g/mol. The van der Waals surface area contributed by atoms with Gasteiger partial charge >= 0.3 is 0 Å². The van der Waals surface area contributed by atoms with Crippen molar-refractivity contribution in [3.05, 3.63) is 30.2 Å². The molecule has 0 unspecified atom stereocenters. The molecule has 0 radical (unpaired) electrons. The van der Waals surface area contributed by atoms with E-state index in [1.807, 2.05) is 6.07 Å². The van der Waals surface area contributed by atoms with E-state index in [4.69, 9.17) is 16.1 Å². The van der Waals surface area contributed by atoms with Gasteiger partial charge in [0.05, 0.1) is 0 Å². The summed E-state index contributed by atoms with van der Waals surface area (Å²) in [6.07, 6.45) is 0.611. The number of nitrogens with zero attached hydrogens (tertiary/aromatic N) is 2. The van der Waals surface area contributed by atoms with Crippen LogP contribution in [0.4, 0.5) is 5.69 Å². The minimum absolute atomic E-state index is 0.180. The summed E-state index contributed by atoms with van der Waals surface area (Å²) in [6, 6.07) is 7.12. The van der Waals surface area contributed by atoms with Crippen LogP contribution >= 0.6 is 11.6 Å². The predicted octanol–water partition coefficient (Wildman–Crippen LogP) is 2.04. The Morgan fingerprint density at radius 1 is 1.50 bits per heavy atom. The average molecular weight is 238 g/mol. The van der Waals surface area contributed by atoms with Crippen LogP contribution in [-0.2, 0) is 10.7 Å². The molecule has 16 heavy (non-hydrogen) atoms. The summed E-state index contributed by atoms with van der Waals surface area (Å²) in [4.78, 5) is 14.4. The maximum atomic E-state index is 10.3. The number of aromatic nitrogens is 2. The van der Waals surface area contributed by atoms with Crippen molar-refractivity contribution in [1.29, 1.82) is 0 Å². The van der Waals surface area contributed by atoms with Gasteiger partial charge in [-0.15, -0.1) is 11.6 Å². The first-order valence-electron chi connectivity index (χ1n) is 4.52. The molecule has 82 valence electrons. The number of halogens is 1. The Labute approximate surface area is 96.4 Å². The minimum Gasteiger partial charge on any atom is -0.338 e. The quantitative estimate of drug-likeness (QED) is 0.653. The molecule has 0 spiro atoms. The Bertz CT molecular complexity index is 498. The van der Waals surface area contributed by atoms with Gasteiger partial charge in [-0.3, -0.25) is 4.79 Å². The van der Waals surface area contributed by atoms with E-state index in [9.17, 15) is 4.79 Å². The van der Waals surface area contributed by atoms with E-state index < -0.39 is 0 Å². The number of carbonyl (C=O) groups excluding carboxylic acids is 1. The number of hydrogen-bond acceptors (Lipinski definition) is 4. The fourth-order valence-corrected chi connectivity index (χ4v) is 1.35. The van der Waals surface area contributed by atoms with Crippen LogP contribution in [0.2, 0.25) is 0 Å². The molecular formula is C10H8ClN3O2. The van der Waals surface area contributed by atoms with Crippen LogP contribution in [0.3, 0.4) is 0 Å². The van der Waals surface area contributed by atoms with Crippen LogP contribution in [0.15, 0.2) is 28.8 Å². The van der Waals surface area contributed by atoms with Gasteiger partial charge in [0.25, 0.3) is 0 Å². The highest BCUT2D eigenvalue weighted by molar-refractivity contribution is 6.16. The van der Waals surface area contributed by atoms with Crippen molar-refractivity contribution in [2.24, 2.45) is 0 Å². The number of alkyl halides is 1. The highest BCUT2D eigenvalue weighted by Crippen LogP contribution is 2.19. The lowest BCUT2D eigenvalue weighted by Gasteiger charge is -1.99. The first-order valence-corrected chi connectivity index (χ1v) is 5.06. The second kappa shape index (κ2) is 4.76. The average Bonchev–Trinajstić information content (AvgIpc) is 2.78. The molecule has 2 rings (SSSR count). The highest BCUT2D eigenvalue weighted by atomic mass is 35.5. The van der Waals surface area contributed by atoms with E-state index in [0.717, 1.165) is 5.56 Å². The Kier molecular flexibility index (Phi) is 3.16. The molecule has 1 aromatic carbocycles. The van der Waals surface area contributed by atoms with Gasteiger partial charge in [-0.2, -0.15) is 4.98 Å². The number of amides is 1. The van der Waals surface area contributed by atoms with Crippen LogP contribution in [0.1, 0.15) is 5.89 Å². The molecule has 0 bridgehead atoms. The van der Waals surface area contributed by atoms with Gasteiger partial charge in [-0.1, -0.05) is 17.3 Å². The highest BCUT2D eigenvalue weighted by Gasteiger charge is 2.07. The van der Waals surface area contributed by atoms with Crippen molar-refractivity contribution in [2.75, 3.05) is 5.32 Å². The van der Waals surface area contributed by atoms with E-state index in [1.54, 1.807) is 18.2 Å². The van der Waals surface area contributed by atoms with Crippen molar-refractivity contribution in [3.63, 3.8) is 0 Å². The molecule has 0 saturated heterocycles. The topological polar surface area (TPSA) is 68.0 Å². The van der Waals surface area contributed by atoms with E-state index in [-0.39, 0.29) is 5.88 Å². The van der Waals surface area contributed by atoms with Crippen LogP contribution in [0, 0.1) is 0 Å². The lowest BCUT2D eigenvalue weighted by Crippen LogP contribution is -1.93. The molecule has 6 heteroatoms. The van der Waals surface area contributed by atoms with E-state index in [2.05, 4.69) is 15.5 Å². The van der Waals surface area contributed by atoms with Crippen molar-refractivity contribution < 1.29 is 9.32 Å². The van der Waals surface area contributed by atoms with Gasteiger partial charge in [0, 0.05) is 11.3 Å². The number of benzene rings is 1. The zero-order valence-corrected chi connectivity index (χ0v) is 8.94. The first-order chi connectivity index (χ1) is 7.83. The summed E-state index contributed by atoms with van der Waals surface area (Å²) in [7, 11) is 0. The molecule has 0 atom stereocenters. The molecule has 1 aromatic heterocycles. The van der Waals surface area contributed by atoms with Gasteiger partial charge in [0.2, 0.25) is 18.1 Å². The summed E-state index contributed by atoms with van der Waals surface area (Å²) in [5.74, 6) is 0.995. The summed E-state index contributed by atoms with van der Waals surface area (Å²) in [6.45, 7) is 0. The zero-order valence-electron chi connectivity index (χ0n) is 8.18. The van der Waals surface area contributed by atoms with Gasteiger partial charge < -0.3 is 9.84 Å². The second-order valence-electron chi connectivity index (χ2n) is 2.99. The zero-order chi connectivity index (χ0) is 11.4. The van der Waals surface area contributed by atoms with E-state index >= 15 is 0 Å². The number of rotatable bonds is 4. The maximum absolute atomic E-state index is 10.3. The van der Waals surface area contributed by atoms with E-state index in [0.29, 0.717) is 23.8 Å². The van der Waals surface area contributed by atoms with Crippen LogP contribution in [0.5, 0.6) is 0 Å². The molecule has 0 aliphatic rings. The van der Waals surface area contributed by atoms with Crippen LogP contribution < -0.4 is 5.32 Å². The largest absolute Gasteiger partial charge is 0.338 e. The molecule has 0 aliphatic heterocycles. The first kappa shape index (κ1) is 10.6. The molecule has 1 N–H and O–H groups in total. The Balaban J connectivity index is 2.32. The Morgan fingerprint density at radius 2 is 2.38 bits per heavy atom. The third-order valence-electron chi connectivity index (χ3n) is 1.93. The lowest BCUT2D eigenvalue weighted by molar-refractivity contribution is -0.105. The van der Waals surface area contributed by atoms with Crippen LogP contribution in [-0.4, -0.2) is 16.6 Å². The fourth-order valence-electron chi connectivity index (χ4n) is 1.24. The molecule has 1 amide bonds. The second-order valence-corrected chi connectivity index (χ2v) is 3.26. The third kappa shape index (κ3) is 2.20. The molecule has 1 heterocycles.